The summed E-state index contributed by atoms with van der Waals surface area (Å²) in [6.07, 6.45) is 0.880. The summed E-state index contributed by atoms with van der Waals surface area (Å²) in [6, 6.07) is 0. The topological polar surface area (TPSA) is 51.8 Å². The highest BCUT2D eigenvalue weighted by Crippen LogP contribution is 2.31. The molecule has 0 fully saturated rings. The molecule has 1 aliphatic heterocycles. The smallest absolute Gasteiger partial charge is 0.131 e. The molecule has 3 nitrogen and oxygen atoms in total. The Hall–Kier alpha value is -0.610. The molecule has 0 amide bonds. The highest BCUT2D eigenvalue weighted by Gasteiger charge is 2.19. The second-order valence-electron chi connectivity index (χ2n) is 4.14. The molecular weight excluding hydrogens is 206 g/mol. The molecule has 2 N–H and O–H groups in total. The Morgan fingerprint density at radius 1 is 1.33 bits per heavy atom. The number of nitrogens with two attached hydrogens (primary N) is 1. The summed E-state index contributed by atoms with van der Waals surface area (Å²) in [5, 5.41) is 0. The molecule has 1 aliphatic rings. The van der Waals surface area contributed by atoms with Crippen molar-refractivity contribution in [1.82, 2.24) is 9.97 Å². The van der Waals surface area contributed by atoms with Gasteiger partial charge in [0.1, 0.15) is 5.82 Å². The number of fused-ring (bicyclic) bond motifs is 1. The monoisotopic (exact) mass is 223 g/mol. The minimum atomic E-state index is 0.400. The molecule has 0 bridgehead atoms. The summed E-state index contributed by atoms with van der Waals surface area (Å²) in [5.41, 5.74) is 9.37. The molecule has 82 valence electrons. The van der Waals surface area contributed by atoms with Gasteiger partial charge in [-0.3, -0.25) is 0 Å². The van der Waals surface area contributed by atoms with Crippen LogP contribution in [0.25, 0.3) is 0 Å². The lowest BCUT2D eigenvalue weighted by molar-refractivity contribution is 0.738. The van der Waals surface area contributed by atoms with Gasteiger partial charge in [-0.15, -0.1) is 0 Å². The van der Waals surface area contributed by atoms with Gasteiger partial charge in [0.2, 0.25) is 0 Å². The average Bonchev–Trinajstić information content (AvgIpc) is 2.65. The van der Waals surface area contributed by atoms with Crippen LogP contribution in [-0.4, -0.2) is 16.5 Å². The first kappa shape index (κ1) is 10.9. The van der Waals surface area contributed by atoms with Crippen molar-refractivity contribution in [2.45, 2.75) is 37.7 Å². The highest BCUT2D eigenvalue weighted by molar-refractivity contribution is 7.98. The van der Waals surface area contributed by atoms with E-state index in [-0.39, 0.29) is 0 Å². The SMILES string of the molecule is CC(C)c1nc(CCN)c2c(n1)CSC2. The summed E-state index contributed by atoms with van der Waals surface area (Å²) >= 11 is 1.92. The Kier molecular flexibility index (Phi) is 3.26. The minimum Gasteiger partial charge on any atom is -0.330 e. The number of nitrogens with zero attached hydrogens (tertiary/aromatic N) is 2. The van der Waals surface area contributed by atoms with E-state index in [1.54, 1.807) is 0 Å². The lowest BCUT2D eigenvalue weighted by Gasteiger charge is -2.10. The number of thioether (sulfide) groups is 1. The predicted octanol–water partition coefficient (Wildman–Crippen LogP) is 1.85. The number of hydrogen-bond donors (Lipinski definition) is 1. The van der Waals surface area contributed by atoms with Crippen LogP contribution >= 0.6 is 11.8 Å². The maximum atomic E-state index is 5.61. The molecule has 0 saturated heterocycles. The third kappa shape index (κ3) is 2.16. The van der Waals surface area contributed by atoms with E-state index < -0.39 is 0 Å². The van der Waals surface area contributed by atoms with Gasteiger partial charge in [0.05, 0.1) is 5.69 Å². The third-order valence-electron chi connectivity index (χ3n) is 2.58. The Morgan fingerprint density at radius 3 is 2.80 bits per heavy atom. The summed E-state index contributed by atoms with van der Waals surface area (Å²) < 4.78 is 0. The van der Waals surface area contributed by atoms with Crippen LogP contribution < -0.4 is 5.73 Å². The fraction of sp³-hybridized carbons (Fsp3) is 0.636. The maximum absolute atomic E-state index is 5.61. The quantitative estimate of drug-likeness (QED) is 0.849. The van der Waals surface area contributed by atoms with E-state index in [0.29, 0.717) is 12.5 Å². The molecule has 1 aromatic heterocycles. The highest BCUT2D eigenvalue weighted by atomic mass is 32.2. The van der Waals surface area contributed by atoms with Gasteiger partial charge in [-0.25, -0.2) is 9.97 Å². The van der Waals surface area contributed by atoms with E-state index in [2.05, 4.69) is 23.8 Å². The first-order chi connectivity index (χ1) is 7.22. The molecule has 0 aromatic carbocycles. The molecule has 2 rings (SSSR count). The van der Waals surface area contributed by atoms with Crippen LogP contribution in [0.15, 0.2) is 0 Å². The average molecular weight is 223 g/mol. The molecule has 15 heavy (non-hydrogen) atoms. The Balaban J connectivity index is 2.43. The van der Waals surface area contributed by atoms with E-state index in [9.17, 15) is 0 Å². The fourth-order valence-corrected chi connectivity index (χ4v) is 2.81. The van der Waals surface area contributed by atoms with Crippen molar-refractivity contribution in [2.24, 2.45) is 5.73 Å². The summed E-state index contributed by atoms with van der Waals surface area (Å²) in [4.78, 5) is 9.25. The van der Waals surface area contributed by atoms with E-state index in [1.165, 1.54) is 17.0 Å². The van der Waals surface area contributed by atoms with Gasteiger partial charge in [-0.2, -0.15) is 11.8 Å². The summed E-state index contributed by atoms with van der Waals surface area (Å²) in [6.45, 7) is 4.94. The van der Waals surface area contributed by atoms with Gasteiger partial charge in [0.15, 0.2) is 0 Å². The summed E-state index contributed by atoms with van der Waals surface area (Å²) in [5.74, 6) is 3.47. The van der Waals surface area contributed by atoms with Crippen LogP contribution in [0.4, 0.5) is 0 Å². The molecule has 0 saturated carbocycles. The summed E-state index contributed by atoms with van der Waals surface area (Å²) in [7, 11) is 0. The van der Waals surface area contributed by atoms with Gasteiger partial charge in [-0.1, -0.05) is 13.8 Å². The molecule has 0 unspecified atom stereocenters. The fourth-order valence-electron chi connectivity index (χ4n) is 1.74. The first-order valence-electron chi connectivity index (χ1n) is 5.38. The van der Waals surface area contributed by atoms with Crippen molar-refractivity contribution >= 4 is 11.8 Å². The minimum absolute atomic E-state index is 0.400. The molecule has 1 aromatic rings. The normalized spacial score (nSPS) is 14.7. The van der Waals surface area contributed by atoms with Gasteiger partial charge >= 0.3 is 0 Å². The molecule has 4 heteroatoms. The van der Waals surface area contributed by atoms with E-state index in [4.69, 9.17) is 5.73 Å². The van der Waals surface area contributed by atoms with Crippen molar-refractivity contribution < 1.29 is 0 Å². The van der Waals surface area contributed by atoms with Crippen molar-refractivity contribution in [3.8, 4) is 0 Å². The number of aromatic nitrogens is 2. The Bertz CT molecular complexity index is 363. The van der Waals surface area contributed by atoms with Crippen LogP contribution in [0.1, 0.15) is 42.5 Å². The van der Waals surface area contributed by atoms with Gasteiger partial charge in [-0.05, 0) is 6.54 Å². The predicted molar refractivity (Wildman–Crippen MR) is 63.9 cm³/mol. The molecule has 2 heterocycles. The second-order valence-corrected chi connectivity index (χ2v) is 5.13. The third-order valence-corrected chi connectivity index (χ3v) is 3.55. The Morgan fingerprint density at radius 2 is 2.13 bits per heavy atom. The lowest BCUT2D eigenvalue weighted by Crippen LogP contribution is -2.11. The van der Waals surface area contributed by atoms with E-state index >= 15 is 0 Å². The first-order valence-corrected chi connectivity index (χ1v) is 6.54. The van der Waals surface area contributed by atoms with Crippen molar-refractivity contribution in [3.05, 3.63) is 22.8 Å². The van der Waals surface area contributed by atoms with Crippen LogP contribution in [0, 0.1) is 0 Å². The molecule has 0 spiro atoms. The van der Waals surface area contributed by atoms with E-state index in [0.717, 1.165) is 23.8 Å². The molecule has 0 atom stereocenters. The zero-order valence-corrected chi connectivity index (χ0v) is 10.1. The largest absolute Gasteiger partial charge is 0.330 e. The van der Waals surface area contributed by atoms with Crippen LogP contribution in [0.5, 0.6) is 0 Å². The lowest BCUT2D eigenvalue weighted by atomic mass is 10.1. The van der Waals surface area contributed by atoms with Crippen LogP contribution in [-0.2, 0) is 17.9 Å². The van der Waals surface area contributed by atoms with Crippen LogP contribution in [0.3, 0.4) is 0 Å². The zero-order valence-electron chi connectivity index (χ0n) is 9.29. The van der Waals surface area contributed by atoms with Gasteiger partial charge < -0.3 is 5.73 Å². The maximum Gasteiger partial charge on any atom is 0.131 e. The van der Waals surface area contributed by atoms with E-state index in [1.807, 2.05) is 11.8 Å². The van der Waals surface area contributed by atoms with Crippen molar-refractivity contribution in [2.75, 3.05) is 6.54 Å². The number of rotatable bonds is 3. The molecule has 0 aliphatic carbocycles. The number of hydrogen-bond acceptors (Lipinski definition) is 4. The second kappa shape index (κ2) is 4.49. The van der Waals surface area contributed by atoms with Crippen molar-refractivity contribution in [1.29, 1.82) is 0 Å². The van der Waals surface area contributed by atoms with Gasteiger partial charge in [0.25, 0.3) is 0 Å². The molecule has 0 radical (unpaired) electrons. The molecular formula is C11H17N3S. The Labute approximate surface area is 94.9 Å². The van der Waals surface area contributed by atoms with Gasteiger partial charge in [0, 0.05) is 35.1 Å². The zero-order chi connectivity index (χ0) is 10.8. The standard InChI is InChI=1S/C11H17N3S/c1-7(2)11-13-9(3-4-12)8-5-15-6-10(8)14-11/h7H,3-6,12H2,1-2H3. The van der Waals surface area contributed by atoms with Crippen LogP contribution in [0.2, 0.25) is 0 Å². The van der Waals surface area contributed by atoms with Crippen molar-refractivity contribution in [3.63, 3.8) is 0 Å².